The first-order chi connectivity index (χ1) is 11.9. The average Bonchev–Trinajstić information content (AvgIpc) is 3.20. The molecule has 118 valence electrons. The number of nitrogens with one attached hydrogen (secondary N) is 2. The second kappa shape index (κ2) is 4.93. The van der Waals surface area contributed by atoms with Crippen molar-refractivity contribution >= 4 is 16.9 Å². The molecular weight excluding hydrogens is 304 g/mol. The molecule has 1 aliphatic heterocycles. The van der Waals surface area contributed by atoms with Crippen LogP contribution in [0.5, 0.6) is 0 Å². The molecule has 3 aromatic rings. The van der Waals surface area contributed by atoms with E-state index < -0.39 is 0 Å². The highest BCUT2D eigenvalue weighted by Crippen LogP contribution is 2.47. The lowest BCUT2D eigenvalue weighted by molar-refractivity contribution is 0.315. The zero-order valence-electron chi connectivity index (χ0n) is 12.8. The highest BCUT2D eigenvalue weighted by atomic mass is 16.6. The molecule has 7 heteroatoms. The van der Waals surface area contributed by atoms with Crippen molar-refractivity contribution in [2.45, 2.75) is 25.2 Å². The zero-order chi connectivity index (χ0) is 16.1. The van der Waals surface area contributed by atoms with Gasteiger partial charge in [0.25, 0.3) is 0 Å². The second-order valence-corrected chi connectivity index (χ2v) is 6.28. The highest BCUT2D eigenvalue weighted by molar-refractivity contribution is 5.80. The first-order valence-electron chi connectivity index (χ1n) is 8.00. The minimum atomic E-state index is -0.205. The number of H-pyrrole nitrogens is 1. The Balaban J connectivity index is 1.77. The standard InChI is InChI=1S/C17H14N6O/c1-18-16-13(10-6-3-7-12-15(10)23-24-22-12)11-8-19-21-17(11)20-14(16)9-4-2-5-9/h3,6-9,13H,2,4-5H2,(H2,19,20,21). The van der Waals surface area contributed by atoms with E-state index in [-0.39, 0.29) is 5.92 Å². The third kappa shape index (κ3) is 1.74. The van der Waals surface area contributed by atoms with Gasteiger partial charge in [0.15, 0.2) is 5.70 Å². The van der Waals surface area contributed by atoms with Gasteiger partial charge in [-0.1, -0.05) is 18.6 Å². The number of hydrogen-bond donors (Lipinski definition) is 2. The van der Waals surface area contributed by atoms with Gasteiger partial charge >= 0.3 is 0 Å². The topological polar surface area (TPSA) is 84.0 Å². The summed E-state index contributed by atoms with van der Waals surface area (Å²) < 4.78 is 4.91. The fourth-order valence-corrected chi connectivity index (χ4v) is 3.62. The molecule has 2 aromatic heterocycles. The Morgan fingerprint density at radius 1 is 1.21 bits per heavy atom. The Hall–Kier alpha value is -3.14. The van der Waals surface area contributed by atoms with E-state index in [4.69, 9.17) is 11.2 Å². The molecule has 1 unspecified atom stereocenters. The predicted octanol–water partition coefficient (Wildman–Crippen LogP) is 3.43. The van der Waals surface area contributed by atoms with Crippen molar-refractivity contribution in [3.05, 3.63) is 58.3 Å². The molecule has 0 bridgehead atoms. The van der Waals surface area contributed by atoms with Crippen molar-refractivity contribution in [2.24, 2.45) is 5.92 Å². The van der Waals surface area contributed by atoms with E-state index in [2.05, 4.69) is 30.7 Å². The SMILES string of the molecule is [C-]#[N+]C1=C(C2CCC2)Nc2[nH]ncc2C1c1cccc2nonc12. The van der Waals surface area contributed by atoms with Gasteiger partial charge in [0.05, 0.1) is 18.7 Å². The van der Waals surface area contributed by atoms with Crippen molar-refractivity contribution in [2.75, 3.05) is 5.32 Å². The molecule has 1 saturated carbocycles. The molecular formula is C17H14N6O. The van der Waals surface area contributed by atoms with Gasteiger partial charge in [-0.05, 0) is 40.7 Å². The van der Waals surface area contributed by atoms with Crippen LogP contribution < -0.4 is 5.32 Å². The fourth-order valence-electron chi connectivity index (χ4n) is 3.62. The van der Waals surface area contributed by atoms with Crippen molar-refractivity contribution in [3.8, 4) is 0 Å². The molecule has 0 spiro atoms. The van der Waals surface area contributed by atoms with Gasteiger partial charge in [0.2, 0.25) is 0 Å². The summed E-state index contributed by atoms with van der Waals surface area (Å²) in [5, 5.41) is 18.6. The van der Waals surface area contributed by atoms with Crippen molar-refractivity contribution in [3.63, 3.8) is 0 Å². The maximum atomic E-state index is 7.80. The Labute approximate surface area is 137 Å². The van der Waals surface area contributed by atoms with Crippen LogP contribution in [0.3, 0.4) is 0 Å². The van der Waals surface area contributed by atoms with Crippen LogP contribution in [0.2, 0.25) is 0 Å². The number of hydrogen-bond acceptors (Lipinski definition) is 5. The smallest absolute Gasteiger partial charge is 0.196 e. The Morgan fingerprint density at radius 3 is 2.92 bits per heavy atom. The summed E-state index contributed by atoms with van der Waals surface area (Å²) in [7, 11) is 0. The number of rotatable bonds is 2. The van der Waals surface area contributed by atoms with Gasteiger partial charge in [-0.15, -0.1) is 0 Å². The van der Waals surface area contributed by atoms with Gasteiger partial charge in [-0.2, -0.15) is 5.10 Å². The summed E-state index contributed by atoms with van der Waals surface area (Å²) in [4.78, 5) is 3.91. The summed E-state index contributed by atoms with van der Waals surface area (Å²) in [6, 6.07) is 5.78. The van der Waals surface area contributed by atoms with E-state index in [1.165, 1.54) is 6.42 Å². The third-order valence-corrected chi connectivity index (χ3v) is 5.05. The van der Waals surface area contributed by atoms with Gasteiger partial charge in [0.1, 0.15) is 16.9 Å². The maximum absolute atomic E-state index is 7.80. The molecule has 7 nitrogen and oxygen atoms in total. The van der Waals surface area contributed by atoms with Gasteiger partial charge < -0.3 is 5.32 Å². The first kappa shape index (κ1) is 13.3. The number of aromatic nitrogens is 4. The summed E-state index contributed by atoms with van der Waals surface area (Å²) >= 11 is 0. The maximum Gasteiger partial charge on any atom is 0.196 e. The second-order valence-electron chi connectivity index (χ2n) is 6.28. The molecule has 1 aromatic carbocycles. The van der Waals surface area contributed by atoms with Crippen LogP contribution in [0.1, 0.15) is 36.3 Å². The number of benzene rings is 1. The Morgan fingerprint density at radius 2 is 2.12 bits per heavy atom. The zero-order valence-corrected chi connectivity index (χ0v) is 12.8. The quantitative estimate of drug-likeness (QED) is 0.707. The molecule has 0 saturated heterocycles. The number of nitrogens with zero attached hydrogens (tertiary/aromatic N) is 4. The van der Waals surface area contributed by atoms with Gasteiger partial charge in [0, 0.05) is 11.3 Å². The lowest BCUT2D eigenvalue weighted by Crippen LogP contribution is -2.26. The molecule has 5 rings (SSSR count). The molecule has 1 atom stereocenters. The van der Waals surface area contributed by atoms with Crippen LogP contribution >= 0.6 is 0 Å². The fraction of sp³-hybridized carbons (Fsp3) is 0.294. The van der Waals surface area contributed by atoms with Gasteiger partial charge in [-0.3, -0.25) is 5.10 Å². The lowest BCUT2D eigenvalue weighted by atomic mass is 9.77. The number of fused-ring (bicyclic) bond motifs is 2. The largest absolute Gasteiger partial charge is 0.354 e. The van der Waals surface area contributed by atoms with Crippen LogP contribution in [-0.2, 0) is 0 Å². The molecule has 2 N–H and O–H groups in total. The predicted molar refractivity (Wildman–Crippen MR) is 86.8 cm³/mol. The molecule has 1 aliphatic carbocycles. The summed E-state index contributed by atoms with van der Waals surface area (Å²) in [5.74, 6) is 1.08. The van der Waals surface area contributed by atoms with E-state index in [0.29, 0.717) is 17.0 Å². The van der Waals surface area contributed by atoms with E-state index in [1.807, 2.05) is 18.2 Å². The van der Waals surface area contributed by atoms with E-state index >= 15 is 0 Å². The third-order valence-electron chi connectivity index (χ3n) is 5.05. The van der Waals surface area contributed by atoms with Crippen molar-refractivity contribution in [1.82, 2.24) is 20.5 Å². The van der Waals surface area contributed by atoms with Crippen LogP contribution in [0.25, 0.3) is 15.9 Å². The minimum Gasteiger partial charge on any atom is -0.354 e. The number of anilines is 1. The van der Waals surface area contributed by atoms with Gasteiger partial charge in [-0.25, -0.2) is 9.47 Å². The minimum absolute atomic E-state index is 0.205. The monoisotopic (exact) mass is 318 g/mol. The van der Waals surface area contributed by atoms with E-state index in [1.54, 1.807) is 6.20 Å². The summed E-state index contributed by atoms with van der Waals surface area (Å²) in [5.41, 5.74) is 5.03. The first-order valence-corrected chi connectivity index (χ1v) is 8.00. The molecule has 3 heterocycles. The highest BCUT2D eigenvalue weighted by Gasteiger charge is 2.37. The molecule has 2 aliphatic rings. The number of aromatic amines is 1. The van der Waals surface area contributed by atoms with Crippen LogP contribution in [-0.4, -0.2) is 20.5 Å². The van der Waals surface area contributed by atoms with Crippen molar-refractivity contribution < 1.29 is 4.63 Å². The molecule has 0 radical (unpaired) electrons. The van der Waals surface area contributed by atoms with Crippen molar-refractivity contribution in [1.29, 1.82) is 0 Å². The average molecular weight is 318 g/mol. The van der Waals surface area contributed by atoms with Crippen LogP contribution in [0, 0.1) is 12.5 Å². The van der Waals surface area contributed by atoms with E-state index in [0.717, 1.165) is 41.2 Å². The van der Waals surface area contributed by atoms with Crippen LogP contribution in [0.15, 0.2) is 40.4 Å². The molecule has 0 amide bonds. The summed E-state index contributed by atoms with van der Waals surface area (Å²) in [6.07, 6.45) is 5.23. The summed E-state index contributed by atoms with van der Waals surface area (Å²) in [6.45, 7) is 7.80. The van der Waals surface area contributed by atoms with E-state index in [9.17, 15) is 0 Å². The number of allylic oxidation sites excluding steroid dienone is 2. The Kier molecular flexibility index (Phi) is 2.73. The molecule has 1 fully saturated rings. The molecule has 24 heavy (non-hydrogen) atoms. The lowest BCUT2D eigenvalue weighted by Gasteiger charge is -2.34. The Bertz CT molecular complexity index is 1000. The normalized spacial score (nSPS) is 20.4. The van der Waals surface area contributed by atoms with Crippen LogP contribution in [0.4, 0.5) is 5.82 Å².